The van der Waals surface area contributed by atoms with Crippen LogP contribution in [0.3, 0.4) is 0 Å². The smallest absolute Gasteiger partial charge is 0.201 e. The standard InChI is InChI=1S/C14H8F4O4/c15-7-5-6(8(16)12-11(7)19-1-2-20-12)10(18)14-13(9(5)17)21-3-4-22-14/h1-4H2. The Morgan fingerprint density at radius 3 is 0.909 bits per heavy atom. The molecular formula is C14H8F4O4. The number of rotatable bonds is 0. The van der Waals surface area contributed by atoms with Crippen molar-refractivity contribution in [1.82, 2.24) is 0 Å². The fourth-order valence-corrected chi connectivity index (χ4v) is 2.58. The lowest BCUT2D eigenvalue weighted by atomic mass is 10.0. The highest BCUT2D eigenvalue weighted by molar-refractivity contribution is 5.92. The van der Waals surface area contributed by atoms with Crippen LogP contribution in [0.25, 0.3) is 10.8 Å². The first kappa shape index (κ1) is 13.3. The minimum Gasteiger partial charge on any atom is -0.483 e. The van der Waals surface area contributed by atoms with Gasteiger partial charge < -0.3 is 18.9 Å². The van der Waals surface area contributed by atoms with Gasteiger partial charge in [-0.05, 0) is 0 Å². The van der Waals surface area contributed by atoms with Gasteiger partial charge in [-0.1, -0.05) is 0 Å². The van der Waals surface area contributed by atoms with Crippen LogP contribution in [0.4, 0.5) is 17.6 Å². The molecule has 0 aromatic heterocycles. The zero-order valence-electron chi connectivity index (χ0n) is 11.0. The van der Waals surface area contributed by atoms with Crippen LogP contribution in [0.2, 0.25) is 0 Å². The maximum Gasteiger partial charge on any atom is 0.201 e. The molecule has 0 spiro atoms. The number of benzene rings is 2. The van der Waals surface area contributed by atoms with Crippen LogP contribution in [0.1, 0.15) is 0 Å². The van der Waals surface area contributed by atoms with Gasteiger partial charge in [0.1, 0.15) is 26.4 Å². The fraction of sp³-hybridized carbons (Fsp3) is 0.286. The SMILES string of the molecule is Fc1c2c(c(F)c3c(F)c4c(c(F)c13)OCCO4)OCCO2. The van der Waals surface area contributed by atoms with E-state index in [9.17, 15) is 17.6 Å². The molecule has 4 nitrogen and oxygen atoms in total. The van der Waals surface area contributed by atoms with Gasteiger partial charge >= 0.3 is 0 Å². The molecule has 4 rings (SSSR count). The van der Waals surface area contributed by atoms with Gasteiger partial charge in [-0.25, -0.2) is 17.6 Å². The topological polar surface area (TPSA) is 36.9 Å². The maximum absolute atomic E-state index is 14.5. The lowest BCUT2D eigenvalue weighted by Crippen LogP contribution is -2.20. The lowest BCUT2D eigenvalue weighted by molar-refractivity contribution is 0.154. The van der Waals surface area contributed by atoms with Crippen molar-refractivity contribution in [3.05, 3.63) is 23.3 Å². The Balaban J connectivity index is 2.18. The van der Waals surface area contributed by atoms with E-state index in [0.29, 0.717) is 0 Å². The van der Waals surface area contributed by atoms with Crippen molar-refractivity contribution in [2.75, 3.05) is 26.4 Å². The Morgan fingerprint density at radius 2 is 0.682 bits per heavy atom. The summed E-state index contributed by atoms with van der Waals surface area (Å²) in [4.78, 5) is 0. The molecule has 0 unspecified atom stereocenters. The first-order valence-electron chi connectivity index (χ1n) is 6.48. The van der Waals surface area contributed by atoms with Crippen LogP contribution in [0.15, 0.2) is 0 Å². The zero-order chi connectivity index (χ0) is 15.4. The van der Waals surface area contributed by atoms with Crippen molar-refractivity contribution >= 4 is 10.8 Å². The van der Waals surface area contributed by atoms with Gasteiger partial charge in [-0.15, -0.1) is 0 Å². The van der Waals surface area contributed by atoms with Gasteiger partial charge in [-0.3, -0.25) is 0 Å². The first-order valence-corrected chi connectivity index (χ1v) is 6.48. The van der Waals surface area contributed by atoms with Crippen molar-refractivity contribution < 1.29 is 36.5 Å². The molecule has 0 N–H and O–H groups in total. The number of fused-ring (bicyclic) bond motifs is 3. The number of hydrogen-bond acceptors (Lipinski definition) is 4. The molecule has 0 saturated heterocycles. The van der Waals surface area contributed by atoms with Gasteiger partial charge in [0.2, 0.25) is 23.0 Å². The van der Waals surface area contributed by atoms with Gasteiger partial charge in [0.15, 0.2) is 23.3 Å². The third-order valence-corrected chi connectivity index (χ3v) is 3.49. The molecule has 0 bridgehead atoms. The summed E-state index contributed by atoms with van der Waals surface area (Å²) < 4.78 is 77.8. The average Bonchev–Trinajstić information content (AvgIpc) is 2.56. The highest BCUT2D eigenvalue weighted by Gasteiger charge is 2.34. The van der Waals surface area contributed by atoms with Crippen LogP contribution >= 0.6 is 0 Å². The Bertz CT molecular complexity index is 677. The molecule has 0 fully saturated rings. The molecule has 2 aromatic rings. The molecule has 2 aliphatic heterocycles. The Morgan fingerprint density at radius 1 is 0.455 bits per heavy atom. The Hall–Kier alpha value is -2.38. The molecule has 116 valence electrons. The molecule has 22 heavy (non-hydrogen) atoms. The highest BCUT2D eigenvalue weighted by Crippen LogP contribution is 2.48. The predicted octanol–water partition coefficient (Wildman–Crippen LogP) is 2.94. The van der Waals surface area contributed by atoms with Crippen molar-refractivity contribution in [2.45, 2.75) is 0 Å². The maximum atomic E-state index is 14.5. The van der Waals surface area contributed by atoms with E-state index in [2.05, 4.69) is 0 Å². The van der Waals surface area contributed by atoms with E-state index in [1.807, 2.05) is 0 Å². The number of hydrogen-bond donors (Lipinski definition) is 0. The summed E-state index contributed by atoms with van der Waals surface area (Å²) in [7, 11) is 0. The largest absolute Gasteiger partial charge is 0.483 e. The monoisotopic (exact) mass is 316 g/mol. The van der Waals surface area contributed by atoms with E-state index in [-0.39, 0.29) is 26.4 Å². The van der Waals surface area contributed by atoms with Crippen LogP contribution < -0.4 is 18.9 Å². The van der Waals surface area contributed by atoms with Crippen LogP contribution in [-0.2, 0) is 0 Å². The number of halogens is 4. The summed E-state index contributed by atoms with van der Waals surface area (Å²) >= 11 is 0. The van der Waals surface area contributed by atoms with Crippen molar-refractivity contribution in [2.24, 2.45) is 0 Å². The summed E-state index contributed by atoms with van der Waals surface area (Å²) in [6, 6.07) is 0. The predicted molar refractivity (Wildman–Crippen MR) is 65.8 cm³/mol. The lowest BCUT2D eigenvalue weighted by Gasteiger charge is -2.24. The molecule has 0 atom stereocenters. The Labute approximate surface area is 121 Å². The molecule has 0 saturated carbocycles. The second-order valence-corrected chi connectivity index (χ2v) is 4.72. The fourth-order valence-electron chi connectivity index (χ4n) is 2.58. The van der Waals surface area contributed by atoms with Crippen LogP contribution in [-0.4, -0.2) is 26.4 Å². The van der Waals surface area contributed by atoms with Gasteiger partial charge in [0, 0.05) is 0 Å². The minimum absolute atomic E-state index is 0.0243. The van der Waals surface area contributed by atoms with Crippen molar-refractivity contribution in [1.29, 1.82) is 0 Å². The molecule has 8 heteroatoms. The first-order chi connectivity index (χ1) is 10.6. The van der Waals surface area contributed by atoms with E-state index >= 15 is 0 Å². The molecule has 2 heterocycles. The average molecular weight is 316 g/mol. The van der Waals surface area contributed by atoms with Crippen LogP contribution in [0.5, 0.6) is 23.0 Å². The van der Waals surface area contributed by atoms with Gasteiger partial charge in [0.25, 0.3) is 0 Å². The molecule has 0 radical (unpaired) electrons. The van der Waals surface area contributed by atoms with E-state index < -0.39 is 57.0 Å². The summed E-state index contributed by atoms with van der Waals surface area (Å²) in [6.45, 7) is -0.0971. The van der Waals surface area contributed by atoms with Crippen LogP contribution in [0, 0.1) is 23.3 Å². The molecule has 0 amide bonds. The summed E-state index contributed by atoms with van der Waals surface area (Å²) in [5.41, 5.74) is 0. The molecule has 2 aromatic carbocycles. The molecular weight excluding hydrogens is 308 g/mol. The highest BCUT2D eigenvalue weighted by atomic mass is 19.1. The van der Waals surface area contributed by atoms with E-state index in [1.54, 1.807) is 0 Å². The second-order valence-electron chi connectivity index (χ2n) is 4.72. The normalized spacial score (nSPS) is 16.0. The summed E-state index contributed by atoms with van der Waals surface area (Å²) in [6.07, 6.45) is 0. The van der Waals surface area contributed by atoms with Crippen molar-refractivity contribution in [3.63, 3.8) is 0 Å². The molecule has 0 aliphatic carbocycles. The quantitative estimate of drug-likeness (QED) is 0.700. The minimum atomic E-state index is -1.24. The molecule has 2 aliphatic rings. The van der Waals surface area contributed by atoms with E-state index in [4.69, 9.17) is 18.9 Å². The van der Waals surface area contributed by atoms with Gasteiger partial charge in [0.05, 0.1) is 10.8 Å². The Kier molecular flexibility index (Phi) is 2.75. The van der Waals surface area contributed by atoms with E-state index in [0.717, 1.165) is 0 Å². The summed E-state index contributed by atoms with van der Waals surface area (Å²) in [5.74, 6) is -7.26. The van der Waals surface area contributed by atoms with Crippen molar-refractivity contribution in [3.8, 4) is 23.0 Å². The zero-order valence-corrected chi connectivity index (χ0v) is 11.0. The number of ether oxygens (including phenoxy) is 4. The third kappa shape index (κ3) is 1.57. The summed E-state index contributed by atoms with van der Waals surface area (Å²) in [5, 5.41) is -1.77. The second kappa shape index (κ2) is 4.56. The third-order valence-electron chi connectivity index (χ3n) is 3.49. The van der Waals surface area contributed by atoms with E-state index in [1.165, 1.54) is 0 Å². The van der Waals surface area contributed by atoms with Gasteiger partial charge in [-0.2, -0.15) is 0 Å².